The van der Waals surface area contributed by atoms with Crippen LogP contribution >= 0.6 is 11.8 Å². The van der Waals surface area contributed by atoms with Crippen molar-refractivity contribution in [1.82, 2.24) is 24.3 Å². The first-order chi connectivity index (χ1) is 13.9. The molecule has 4 aromatic heterocycles. The summed E-state index contributed by atoms with van der Waals surface area (Å²) in [5.41, 5.74) is 3.75. The third kappa shape index (κ3) is 3.13. The third-order valence-electron chi connectivity index (χ3n) is 4.52. The molecule has 0 radical (unpaired) electrons. The van der Waals surface area contributed by atoms with Gasteiger partial charge in [0.1, 0.15) is 5.65 Å². The number of thioether (sulfide) groups is 1. The zero-order valence-corrected chi connectivity index (χ0v) is 17.2. The molecule has 0 fully saturated rings. The predicted molar refractivity (Wildman–Crippen MR) is 112 cm³/mol. The van der Waals surface area contributed by atoms with Gasteiger partial charge in [-0.2, -0.15) is 0 Å². The van der Waals surface area contributed by atoms with Crippen LogP contribution < -0.4 is 4.90 Å². The molecular weight excluding hydrogens is 388 g/mol. The summed E-state index contributed by atoms with van der Waals surface area (Å²) in [4.78, 5) is 43.4. The van der Waals surface area contributed by atoms with E-state index in [4.69, 9.17) is 0 Å². The minimum absolute atomic E-state index is 0.205. The van der Waals surface area contributed by atoms with E-state index in [-0.39, 0.29) is 5.95 Å². The summed E-state index contributed by atoms with van der Waals surface area (Å²) in [5, 5.41) is 1.50. The maximum absolute atomic E-state index is 12.2. The van der Waals surface area contributed by atoms with Gasteiger partial charge < -0.3 is 0 Å². The van der Waals surface area contributed by atoms with Gasteiger partial charge in [-0.15, -0.1) is 0 Å². The zero-order chi connectivity index (χ0) is 20.7. The normalized spacial score (nSPS) is 11.2. The number of carbonyl (C=O) groups excluding carboxylic acids is 2. The minimum Gasteiger partial charge on any atom is -0.274 e. The molecule has 8 nitrogen and oxygen atoms in total. The monoisotopic (exact) mass is 406 g/mol. The highest BCUT2D eigenvalue weighted by Crippen LogP contribution is 2.36. The molecule has 4 rings (SSSR count). The van der Waals surface area contributed by atoms with Gasteiger partial charge >= 0.3 is 0 Å². The summed E-state index contributed by atoms with van der Waals surface area (Å²) < 4.78 is 1.74. The van der Waals surface area contributed by atoms with Crippen molar-refractivity contribution < 1.29 is 9.59 Å². The molecular formula is C20H18N6O2S. The lowest BCUT2D eigenvalue weighted by Crippen LogP contribution is -2.35. The van der Waals surface area contributed by atoms with Crippen LogP contribution in [0.3, 0.4) is 0 Å². The molecule has 4 aromatic rings. The van der Waals surface area contributed by atoms with Crippen LogP contribution in [0.2, 0.25) is 0 Å². The number of rotatable bonds is 3. The first kappa shape index (κ1) is 19.0. The van der Waals surface area contributed by atoms with Crippen molar-refractivity contribution in [3.8, 4) is 11.3 Å². The van der Waals surface area contributed by atoms with Crippen molar-refractivity contribution in [2.75, 3.05) is 11.2 Å². The van der Waals surface area contributed by atoms with E-state index < -0.39 is 11.8 Å². The topological polar surface area (TPSA) is 93.3 Å². The van der Waals surface area contributed by atoms with Crippen LogP contribution in [0, 0.1) is 6.92 Å². The molecule has 0 aliphatic heterocycles. The molecule has 0 aliphatic rings. The highest BCUT2D eigenvalue weighted by atomic mass is 32.2. The number of amides is 2. The number of nitrogens with zero attached hydrogens (tertiary/aromatic N) is 6. The molecule has 0 saturated carbocycles. The summed E-state index contributed by atoms with van der Waals surface area (Å²) in [6, 6.07) is 7.55. The first-order valence-electron chi connectivity index (χ1n) is 8.88. The Labute approximate surface area is 171 Å². The van der Waals surface area contributed by atoms with E-state index in [1.165, 1.54) is 25.6 Å². The molecule has 0 atom stereocenters. The van der Waals surface area contributed by atoms with Gasteiger partial charge in [0, 0.05) is 42.9 Å². The standard InChI is InChI=1S/C20H18N6O2S/c1-11-5-6-14-17(15-7-9-21-19(24-15)29-4)16-8-10-22-20(26(16)18(14)23-11)25(12(2)27)13(3)28/h5-10H,1-4H3. The van der Waals surface area contributed by atoms with Gasteiger partial charge in [-0.1, -0.05) is 11.8 Å². The summed E-state index contributed by atoms with van der Waals surface area (Å²) in [6.07, 6.45) is 5.21. The molecule has 0 aromatic carbocycles. The van der Waals surface area contributed by atoms with Crippen molar-refractivity contribution in [2.45, 2.75) is 25.9 Å². The Morgan fingerprint density at radius 3 is 2.41 bits per heavy atom. The van der Waals surface area contributed by atoms with E-state index in [1.807, 2.05) is 37.4 Å². The first-order valence-corrected chi connectivity index (χ1v) is 10.1. The van der Waals surface area contributed by atoms with Gasteiger partial charge in [0.2, 0.25) is 17.8 Å². The summed E-state index contributed by atoms with van der Waals surface area (Å²) in [5.74, 6) is -0.628. The highest BCUT2D eigenvalue weighted by Gasteiger charge is 2.25. The lowest BCUT2D eigenvalue weighted by atomic mass is 10.1. The average molecular weight is 406 g/mol. The summed E-state index contributed by atoms with van der Waals surface area (Å²) in [7, 11) is 0. The molecule has 0 spiro atoms. The average Bonchev–Trinajstić information content (AvgIpc) is 3.02. The van der Waals surface area contributed by atoms with Crippen LogP contribution in [0.5, 0.6) is 0 Å². The number of hydrogen-bond donors (Lipinski definition) is 0. The Morgan fingerprint density at radius 1 is 1.00 bits per heavy atom. The van der Waals surface area contributed by atoms with Crippen LogP contribution in [0.25, 0.3) is 27.8 Å². The molecule has 0 bridgehead atoms. The molecule has 4 heterocycles. The lowest BCUT2D eigenvalue weighted by Gasteiger charge is -2.17. The summed E-state index contributed by atoms with van der Waals surface area (Å²) in [6.45, 7) is 4.56. The second kappa shape index (κ2) is 7.25. The van der Waals surface area contributed by atoms with Crippen LogP contribution in [-0.2, 0) is 9.59 Å². The second-order valence-electron chi connectivity index (χ2n) is 6.47. The molecule has 2 amide bonds. The Kier molecular flexibility index (Phi) is 4.75. The second-order valence-corrected chi connectivity index (χ2v) is 7.24. The Balaban J connectivity index is 2.16. The van der Waals surface area contributed by atoms with Crippen LogP contribution in [-0.4, -0.2) is 42.4 Å². The van der Waals surface area contributed by atoms with E-state index >= 15 is 0 Å². The fourth-order valence-electron chi connectivity index (χ4n) is 3.37. The van der Waals surface area contributed by atoms with E-state index in [1.54, 1.807) is 16.8 Å². The van der Waals surface area contributed by atoms with Crippen molar-refractivity contribution in [3.05, 3.63) is 42.4 Å². The summed E-state index contributed by atoms with van der Waals surface area (Å²) >= 11 is 1.45. The minimum atomic E-state index is -0.416. The van der Waals surface area contributed by atoms with Gasteiger partial charge in [-0.25, -0.2) is 24.8 Å². The SMILES string of the molecule is CSc1nccc(-c2c3ccc(C)nc3n3c(N(C(C)=O)C(C)=O)nccc23)n1. The molecule has 0 N–H and O–H groups in total. The number of aryl methyl sites for hydroxylation is 1. The maximum atomic E-state index is 12.2. The van der Waals surface area contributed by atoms with Gasteiger partial charge in [0.15, 0.2) is 5.16 Å². The molecule has 0 aliphatic carbocycles. The van der Waals surface area contributed by atoms with E-state index in [0.29, 0.717) is 10.8 Å². The quantitative estimate of drug-likeness (QED) is 0.381. The molecule has 0 unspecified atom stereocenters. The Hall–Kier alpha value is -3.33. The van der Waals surface area contributed by atoms with Gasteiger partial charge in [-0.3, -0.25) is 14.0 Å². The number of anilines is 1. The van der Waals surface area contributed by atoms with Crippen LogP contribution in [0.1, 0.15) is 19.5 Å². The maximum Gasteiger partial charge on any atom is 0.233 e. The number of carbonyl (C=O) groups is 2. The third-order valence-corrected chi connectivity index (χ3v) is 5.08. The van der Waals surface area contributed by atoms with E-state index in [9.17, 15) is 9.59 Å². The number of hydrogen-bond acceptors (Lipinski definition) is 7. The Morgan fingerprint density at radius 2 is 1.72 bits per heavy atom. The van der Waals surface area contributed by atoms with Crippen LogP contribution in [0.4, 0.5) is 5.95 Å². The molecule has 9 heteroatoms. The smallest absolute Gasteiger partial charge is 0.233 e. The number of fused-ring (bicyclic) bond motifs is 3. The fraction of sp³-hybridized carbons (Fsp3) is 0.200. The zero-order valence-electron chi connectivity index (χ0n) is 16.4. The number of pyridine rings is 1. The molecule has 29 heavy (non-hydrogen) atoms. The van der Waals surface area contributed by atoms with Gasteiger partial charge in [-0.05, 0) is 37.4 Å². The fourth-order valence-corrected chi connectivity index (χ4v) is 3.73. The number of imide groups is 1. The van der Waals surface area contributed by atoms with Crippen LogP contribution in [0.15, 0.2) is 41.8 Å². The van der Waals surface area contributed by atoms with Crippen molar-refractivity contribution >= 4 is 46.1 Å². The highest BCUT2D eigenvalue weighted by molar-refractivity contribution is 7.98. The lowest BCUT2D eigenvalue weighted by molar-refractivity contribution is -0.124. The van der Waals surface area contributed by atoms with Crippen molar-refractivity contribution in [2.24, 2.45) is 0 Å². The van der Waals surface area contributed by atoms with E-state index in [2.05, 4.69) is 19.9 Å². The van der Waals surface area contributed by atoms with Gasteiger partial charge in [0.25, 0.3) is 0 Å². The Bertz CT molecular complexity index is 1270. The van der Waals surface area contributed by atoms with Crippen molar-refractivity contribution in [3.63, 3.8) is 0 Å². The predicted octanol–water partition coefficient (Wildman–Crippen LogP) is 3.27. The van der Waals surface area contributed by atoms with Crippen molar-refractivity contribution in [1.29, 1.82) is 0 Å². The molecule has 0 saturated heterocycles. The molecule has 146 valence electrons. The largest absolute Gasteiger partial charge is 0.274 e. The number of aromatic nitrogens is 5. The van der Waals surface area contributed by atoms with E-state index in [0.717, 1.165) is 32.8 Å². The van der Waals surface area contributed by atoms with Gasteiger partial charge in [0.05, 0.1) is 11.2 Å².